The first-order chi connectivity index (χ1) is 27.8. The molecule has 0 radical (unpaired) electrons. The Morgan fingerprint density at radius 1 is 0.393 bits per heavy atom. The number of rotatable bonds is 5. The molecule has 0 fully saturated rings. The second-order valence-electron chi connectivity index (χ2n) is 14.5. The van der Waals surface area contributed by atoms with Gasteiger partial charge in [-0.15, -0.1) is 0 Å². The summed E-state index contributed by atoms with van der Waals surface area (Å²) in [5.41, 5.74) is 12.8. The summed E-state index contributed by atoms with van der Waals surface area (Å²) < 4.78 is 15.4. The molecule has 11 aromatic rings. The summed E-state index contributed by atoms with van der Waals surface area (Å²) in [5, 5.41) is 7.12. The minimum atomic E-state index is 0.847. The van der Waals surface area contributed by atoms with Crippen molar-refractivity contribution in [2.75, 3.05) is 4.90 Å². The van der Waals surface area contributed by atoms with Crippen LogP contribution in [0.3, 0.4) is 0 Å². The van der Waals surface area contributed by atoms with Gasteiger partial charge in [0.2, 0.25) is 0 Å². The third-order valence-electron chi connectivity index (χ3n) is 11.4. The van der Waals surface area contributed by atoms with Gasteiger partial charge in [-0.05, 0) is 88.1 Å². The normalized spacial score (nSPS) is 12.1. The van der Waals surface area contributed by atoms with E-state index in [9.17, 15) is 0 Å². The Kier molecular flexibility index (Phi) is 6.60. The van der Waals surface area contributed by atoms with Crippen molar-refractivity contribution in [1.82, 2.24) is 4.57 Å². The number of hydrogen-bond donors (Lipinski definition) is 0. The molecule has 4 nitrogen and oxygen atoms in total. The summed E-state index contributed by atoms with van der Waals surface area (Å²) in [6, 6.07) is 69.0. The number of furan rings is 1. The smallest absolute Gasteiger partial charge is 0.152 e. The van der Waals surface area contributed by atoms with E-state index in [0.29, 0.717) is 0 Å². The molecule has 262 valence electrons. The summed E-state index contributed by atoms with van der Waals surface area (Å²) in [5.74, 6) is 1.72. The van der Waals surface area contributed by atoms with Crippen molar-refractivity contribution in [1.29, 1.82) is 0 Å². The lowest BCUT2D eigenvalue weighted by molar-refractivity contribution is 0.477. The Labute approximate surface area is 322 Å². The molecule has 0 aliphatic carbocycles. The van der Waals surface area contributed by atoms with Gasteiger partial charge in [-0.3, -0.25) is 0 Å². The SMILES string of the molecule is c1cc2c(c(-c3ccc(N(c4ccc(-c5cccc6ccccc56)cc4)c4ccc5c(c4)oc4ccccc45)cc3)c1)-n1c3ccccc3c3cccc(c31)O2. The van der Waals surface area contributed by atoms with Gasteiger partial charge in [0, 0.05) is 50.2 Å². The number of aromatic nitrogens is 1. The highest BCUT2D eigenvalue weighted by Gasteiger charge is 2.26. The van der Waals surface area contributed by atoms with E-state index in [1.165, 1.54) is 38.2 Å². The number of nitrogens with zero attached hydrogens (tertiary/aromatic N) is 2. The van der Waals surface area contributed by atoms with E-state index in [4.69, 9.17) is 9.15 Å². The molecule has 12 rings (SSSR count). The standard InChI is InChI=1S/C52H32N2O2/c1-2-12-39-33(10-1)11-7-15-40(39)34-22-26-36(27-23-34)53(38-30-31-44-43-14-4-6-19-47(43)55-50(44)32-38)37-28-24-35(25-29-37)41-16-8-20-48-51(41)54-46-18-5-3-13-42(46)45-17-9-21-49(56-48)52(45)54/h1-32H. The van der Waals surface area contributed by atoms with Crippen LogP contribution in [0.2, 0.25) is 0 Å². The van der Waals surface area contributed by atoms with Crippen LogP contribution in [0, 0.1) is 0 Å². The number of para-hydroxylation sites is 4. The molecule has 0 saturated carbocycles. The minimum Gasteiger partial charge on any atom is -0.456 e. The summed E-state index contributed by atoms with van der Waals surface area (Å²) >= 11 is 0. The highest BCUT2D eigenvalue weighted by molar-refractivity contribution is 6.13. The maximum Gasteiger partial charge on any atom is 0.152 e. The molecule has 0 N–H and O–H groups in total. The lowest BCUT2D eigenvalue weighted by atomic mass is 9.98. The van der Waals surface area contributed by atoms with Crippen molar-refractivity contribution in [2.45, 2.75) is 0 Å². The average Bonchev–Trinajstić information content (AvgIpc) is 3.80. The number of fused-ring (bicyclic) bond motifs is 9. The van der Waals surface area contributed by atoms with Crippen molar-refractivity contribution in [3.63, 3.8) is 0 Å². The Hall–Kier alpha value is -7.56. The van der Waals surface area contributed by atoms with Gasteiger partial charge >= 0.3 is 0 Å². The van der Waals surface area contributed by atoms with Crippen LogP contribution in [0.15, 0.2) is 199 Å². The third kappa shape index (κ3) is 4.60. The zero-order valence-corrected chi connectivity index (χ0v) is 30.2. The van der Waals surface area contributed by atoms with Crippen LogP contribution in [-0.4, -0.2) is 4.57 Å². The van der Waals surface area contributed by atoms with Crippen molar-refractivity contribution < 1.29 is 9.15 Å². The van der Waals surface area contributed by atoms with Gasteiger partial charge in [0.25, 0.3) is 0 Å². The third-order valence-corrected chi connectivity index (χ3v) is 11.4. The van der Waals surface area contributed by atoms with Gasteiger partial charge < -0.3 is 18.6 Å². The molecule has 4 heteroatoms. The van der Waals surface area contributed by atoms with E-state index in [-0.39, 0.29) is 0 Å². The number of hydrogen-bond acceptors (Lipinski definition) is 3. The molecule has 56 heavy (non-hydrogen) atoms. The second-order valence-corrected chi connectivity index (χ2v) is 14.5. The van der Waals surface area contributed by atoms with E-state index in [1.54, 1.807) is 0 Å². The molecule has 2 aromatic heterocycles. The van der Waals surface area contributed by atoms with Gasteiger partial charge in [-0.25, -0.2) is 0 Å². The highest BCUT2D eigenvalue weighted by Crippen LogP contribution is 2.49. The molecule has 0 spiro atoms. The van der Waals surface area contributed by atoms with Crippen LogP contribution in [0.5, 0.6) is 11.5 Å². The largest absolute Gasteiger partial charge is 0.456 e. The number of ether oxygens (including phenoxy) is 1. The van der Waals surface area contributed by atoms with Crippen LogP contribution in [-0.2, 0) is 0 Å². The van der Waals surface area contributed by atoms with Crippen molar-refractivity contribution in [3.8, 4) is 39.4 Å². The first kappa shape index (κ1) is 30.9. The molecule has 0 amide bonds. The summed E-state index contributed by atoms with van der Waals surface area (Å²) in [7, 11) is 0. The van der Waals surface area contributed by atoms with E-state index in [2.05, 4.69) is 191 Å². The summed E-state index contributed by atoms with van der Waals surface area (Å²) in [4.78, 5) is 2.31. The van der Waals surface area contributed by atoms with Gasteiger partial charge in [-0.2, -0.15) is 0 Å². The predicted octanol–water partition coefficient (Wildman–Crippen LogP) is 14.7. The van der Waals surface area contributed by atoms with Crippen LogP contribution < -0.4 is 9.64 Å². The zero-order chi connectivity index (χ0) is 36.7. The van der Waals surface area contributed by atoms with Crippen LogP contribution in [0.25, 0.3) is 82.5 Å². The van der Waals surface area contributed by atoms with Crippen LogP contribution in [0.4, 0.5) is 17.1 Å². The van der Waals surface area contributed by atoms with E-state index < -0.39 is 0 Å². The molecule has 9 aromatic carbocycles. The van der Waals surface area contributed by atoms with E-state index >= 15 is 0 Å². The first-order valence-electron chi connectivity index (χ1n) is 19.0. The number of benzene rings is 9. The molecule has 0 unspecified atom stereocenters. The number of anilines is 3. The van der Waals surface area contributed by atoms with Gasteiger partial charge in [0.1, 0.15) is 11.2 Å². The Balaban J connectivity index is 0.996. The lowest BCUT2D eigenvalue weighted by Gasteiger charge is -2.26. The van der Waals surface area contributed by atoms with Gasteiger partial charge in [-0.1, -0.05) is 127 Å². The fourth-order valence-corrected chi connectivity index (χ4v) is 8.85. The second kappa shape index (κ2) is 12.0. The van der Waals surface area contributed by atoms with E-state index in [0.717, 1.165) is 72.8 Å². The van der Waals surface area contributed by atoms with Crippen molar-refractivity contribution in [3.05, 3.63) is 194 Å². The summed E-state index contributed by atoms with van der Waals surface area (Å²) in [6.07, 6.45) is 0. The van der Waals surface area contributed by atoms with Gasteiger partial charge in [0.15, 0.2) is 11.5 Å². The van der Waals surface area contributed by atoms with E-state index in [1.807, 2.05) is 12.1 Å². The lowest BCUT2D eigenvalue weighted by Crippen LogP contribution is -2.10. The van der Waals surface area contributed by atoms with Crippen LogP contribution in [0.1, 0.15) is 0 Å². The molecule has 3 heterocycles. The zero-order valence-electron chi connectivity index (χ0n) is 30.2. The van der Waals surface area contributed by atoms with Crippen LogP contribution >= 0.6 is 0 Å². The fourth-order valence-electron chi connectivity index (χ4n) is 8.85. The maximum atomic E-state index is 6.60. The predicted molar refractivity (Wildman–Crippen MR) is 231 cm³/mol. The minimum absolute atomic E-state index is 0.847. The topological polar surface area (TPSA) is 30.5 Å². The van der Waals surface area contributed by atoms with Gasteiger partial charge in [0.05, 0.1) is 16.7 Å². The maximum absolute atomic E-state index is 6.60. The molecule has 0 bridgehead atoms. The Morgan fingerprint density at radius 3 is 1.82 bits per heavy atom. The molecular formula is C52H32N2O2. The molecule has 0 saturated heterocycles. The summed E-state index contributed by atoms with van der Waals surface area (Å²) in [6.45, 7) is 0. The highest BCUT2D eigenvalue weighted by atomic mass is 16.5. The Bertz CT molecular complexity index is 3330. The molecule has 1 aliphatic heterocycles. The quantitative estimate of drug-likeness (QED) is 0.178. The fraction of sp³-hybridized carbons (Fsp3) is 0. The Morgan fingerprint density at radius 2 is 0.982 bits per heavy atom. The average molecular weight is 717 g/mol. The monoisotopic (exact) mass is 716 g/mol. The van der Waals surface area contributed by atoms with Crippen molar-refractivity contribution in [2.24, 2.45) is 0 Å². The molecule has 0 atom stereocenters. The molecule has 1 aliphatic rings. The first-order valence-corrected chi connectivity index (χ1v) is 19.0. The van der Waals surface area contributed by atoms with Crippen molar-refractivity contribution >= 4 is 71.6 Å². The molecular weight excluding hydrogens is 685 g/mol.